The summed E-state index contributed by atoms with van der Waals surface area (Å²) in [7, 11) is 0. The molecule has 0 unspecified atom stereocenters. The molecule has 0 spiro atoms. The van der Waals surface area contributed by atoms with E-state index < -0.39 is 0 Å². The summed E-state index contributed by atoms with van der Waals surface area (Å²) in [5.41, 5.74) is 11.6. The van der Waals surface area contributed by atoms with Gasteiger partial charge in [0.1, 0.15) is 0 Å². The Labute approximate surface area is 325 Å². The molecule has 2 nitrogen and oxygen atoms in total. The van der Waals surface area contributed by atoms with Gasteiger partial charge in [0.2, 0.25) is 0 Å². The fourth-order valence-corrected chi connectivity index (χ4v) is 8.81. The minimum atomic E-state index is 1.09. The third-order valence-electron chi connectivity index (χ3n) is 11.3. The molecule has 0 N–H and O–H groups in total. The smallest absolute Gasteiger partial charge is 0.0547 e. The first kappa shape index (κ1) is 32.0. The maximum Gasteiger partial charge on any atom is 0.0547 e. The predicted molar refractivity (Wildman–Crippen MR) is 239 cm³/mol. The van der Waals surface area contributed by atoms with Crippen molar-refractivity contribution < 1.29 is 0 Å². The molecule has 0 bridgehead atoms. The monoisotopic (exact) mass is 712 g/mol. The van der Waals surface area contributed by atoms with Gasteiger partial charge >= 0.3 is 0 Å². The molecule has 0 saturated heterocycles. The first-order valence-electron chi connectivity index (χ1n) is 19.3. The number of para-hydroxylation sites is 3. The molecular formula is C54H36N2. The van der Waals surface area contributed by atoms with Crippen LogP contribution in [0.25, 0.3) is 82.1 Å². The molecule has 0 aliphatic rings. The topological polar surface area (TPSA) is 8.17 Å². The van der Waals surface area contributed by atoms with E-state index in [4.69, 9.17) is 0 Å². The second kappa shape index (κ2) is 13.2. The molecule has 0 aliphatic carbocycles. The molecule has 0 fully saturated rings. The number of aromatic nitrogens is 1. The molecule has 1 heterocycles. The highest BCUT2D eigenvalue weighted by Gasteiger charge is 2.21. The lowest BCUT2D eigenvalue weighted by atomic mass is 9.98. The Morgan fingerprint density at radius 1 is 0.321 bits per heavy atom. The lowest BCUT2D eigenvalue weighted by Crippen LogP contribution is -2.11. The van der Waals surface area contributed by atoms with Gasteiger partial charge < -0.3 is 9.47 Å². The zero-order valence-corrected chi connectivity index (χ0v) is 30.7. The van der Waals surface area contributed by atoms with Crippen molar-refractivity contribution in [3.05, 3.63) is 218 Å². The van der Waals surface area contributed by atoms with Crippen molar-refractivity contribution in [1.82, 2.24) is 4.57 Å². The van der Waals surface area contributed by atoms with Crippen LogP contribution in [0.5, 0.6) is 0 Å². The van der Waals surface area contributed by atoms with Crippen molar-refractivity contribution in [1.29, 1.82) is 0 Å². The molecule has 262 valence electrons. The van der Waals surface area contributed by atoms with Crippen molar-refractivity contribution in [3.63, 3.8) is 0 Å². The minimum absolute atomic E-state index is 1.09. The first-order chi connectivity index (χ1) is 27.8. The van der Waals surface area contributed by atoms with E-state index in [0.29, 0.717) is 0 Å². The van der Waals surface area contributed by atoms with Crippen molar-refractivity contribution >= 4 is 71.2 Å². The molecule has 11 aromatic rings. The van der Waals surface area contributed by atoms with Gasteiger partial charge in [0.05, 0.1) is 22.4 Å². The average Bonchev–Trinajstić information content (AvgIpc) is 3.62. The van der Waals surface area contributed by atoms with Gasteiger partial charge in [0.15, 0.2) is 0 Å². The predicted octanol–water partition coefficient (Wildman–Crippen LogP) is 15.0. The summed E-state index contributed by atoms with van der Waals surface area (Å²) < 4.78 is 2.45. The molecule has 2 heteroatoms. The van der Waals surface area contributed by atoms with Crippen molar-refractivity contribution in [2.45, 2.75) is 0 Å². The van der Waals surface area contributed by atoms with E-state index in [9.17, 15) is 0 Å². The van der Waals surface area contributed by atoms with Crippen LogP contribution in [0, 0.1) is 0 Å². The Balaban J connectivity index is 1.14. The molecule has 1 aromatic heterocycles. The SMILES string of the molecule is c1ccc(-c2ccccc2N(c2cccc(-c3ccccc3-n3c4ccccc4c4c5ccccc5ccc43)c2)c2ccc3ccc4ccccc4c3c2)cc1. The Morgan fingerprint density at radius 3 is 1.77 bits per heavy atom. The normalized spacial score (nSPS) is 11.6. The third-order valence-corrected chi connectivity index (χ3v) is 11.3. The lowest BCUT2D eigenvalue weighted by Gasteiger charge is -2.29. The van der Waals surface area contributed by atoms with E-state index in [1.54, 1.807) is 0 Å². The highest BCUT2D eigenvalue weighted by molar-refractivity contribution is 6.21. The van der Waals surface area contributed by atoms with Gasteiger partial charge in [-0.2, -0.15) is 0 Å². The summed E-state index contributed by atoms with van der Waals surface area (Å²) in [5.74, 6) is 0. The Morgan fingerprint density at radius 2 is 0.911 bits per heavy atom. The Kier molecular flexibility index (Phi) is 7.53. The fraction of sp³-hybridized carbons (Fsp3) is 0. The summed E-state index contributed by atoms with van der Waals surface area (Å²) >= 11 is 0. The van der Waals surface area contributed by atoms with E-state index in [1.165, 1.54) is 70.8 Å². The zero-order chi connectivity index (χ0) is 37.0. The van der Waals surface area contributed by atoms with Crippen LogP contribution in [0.1, 0.15) is 0 Å². The molecule has 0 radical (unpaired) electrons. The third kappa shape index (κ3) is 5.19. The first-order valence-corrected chi connectivity index (χ1v) is 19.3. The molecular weight excluding hydrogens is 677 g/mol. The summed E-state index contributed by atoms with van der Waals surface area (Å²) in [4.78, 5) is 2.43. The van der Waals surface area contributed by atoms with Gasteiger partial charge in [-0.15, -0.1) is 0 Å². The van der Waals surface area contributed by atoms with Crippen molar-refractivity contribution in [2.75, 3.05) is 4.90 Å². The Hall–Kier alpha value is -7.42. The van der Waals surface area contributed by atoms with Crippen LogP contribution in [0.3, 0.4) is 0 Å². The summed E-state index contributed by atoms with van der Waals surface area (Å²) in [5, 5.41) is 10.0. The van der Waals surface area contributed by atoms with E-state index in [-0.39, 0.29) is 0 Å². The van der Waals surface area contributed by atoms with Crippen LogP contribution in [0.2, 0.25) is 0 Å². The second-order valence-electron chi connectivity index (χ2n) is 14.5. The van der Waals surface area contributed by atoms with Gasteiger partial charge in [-0.25, -0.2) is 0 Å². The quantitative estimate of drug-likeness (QED) is 0.156. The number of hydrogen-bond acceptors (Lipinski definition) is 1. The standard InChI is InChI=1S/C54H36N2/c1-2-15-37(16-3-1)45-22-8-11-26-50(45)55(43-33-31-40-30-29-38-17-4-6-21-44(38)49(40)36-43)42-20-14-19-41(35-42)46-23-9-12-27-51(46)56-52-28-13-10-25-48(52)54-47-24-7-5-18-39(47)32-34-53(54)56/h1-36H. The summed E-state index contributed by atoms with van der Waals surface area (Å²) in [6.45, 7) is 0. The highest BCUT2D eigenvalue weighted by atomic mass is 15.1. The maximum atomic E-state index is 2.45. The molecule has 56 heavy (non-hydrogen) atoms. The highest BCUT2D eigenvalue weighted by Crippen LogP contribution is 2.44. The summed E-state index contributed by atoms with van der Waals surface area (Å²) in [6, 6.07) is 79.5. The number of rotatable bonds is 6. The van der Waals surface area contributed by atoms with E-state index in [0.717, 1.165) is 28.3 Å². The number of hydrogen-bond donors (Lipinski definition) is 0. The van der Waals surface area contributed by atoms with Crippen LogP contribution in [0.4, 0.5) is 17.1 Å². The fourth-order valence-electron chi connectivity index (χ4n) is 8.81. The molecule has 10 aromatic carbocycles. The van der Waals surface area contributed by atoms with Crippen LogP contribution in [-0.2, 0) is 0 Å². The number of anilines is 3. The van der Waals surface area contributed by atoms with Crippen molar-refractivity contribution in [2.24, 2.45) is 0 Å². The maximum absolute atomic E-state index is 2.45. The number of benzene rings is 10. The van der Waals surface area contributed by atoms with Crippen LogP contribution < -0.4 is 4.90 Å². The van der Waals surface area contributed by atoms with Crippen molar-refractivity contribution in [3.8, 4) is 27.9 Å². The number of nitrogens with zero attached hydrogens (tertiary/aromatic N) is 2. The molecule has 11 rings (SSSR count). The zero-order valence-electron chi connectivity index (χ0n) is 30.7. The van der Waals surface area contributed by atoms with E-state index >= 15 is 0 Å². The van der Waals surface area contributed by atoms with E-state index in [2.05, 4.69) is 228 Å². The largest absolute Gasteiger partial charge is 0.310 e. The van der Waals surface area contributed by atoms with Crippen LogP contribution >= 0.6 is 0 Å². The average molecular weight is 713 g/mol. The molecule has 0 aliphatic heterocycles. The minimum Gasteiger partial charge on any atom is -0.310 e. The van der Waals surface area contributed by atoms with Gasteiger partial charge in [0, 0.05) is 33.3 Å². The van der Waals surface area contributed by atoms with E-state index in [1.807, 2.05) is 0 Å². The molecule has 0 saturated carbocycles. The molecule has 0 amide bonds. The van der Waals surface area contributed by atoms with Gasteiger partial charge in [-0.05, 0) is 92.0 Å². The molecule has 0 atom stereocenters. The van der Waals surface area contributed by atoms with Gasteiger partial charge in [-0.1, -0.05) is 170 Å². The number of fused-ring (bicyclic) bond motifs is 8. The van der Waals surface area contributed by atoms with Gasteiger partial charge in [-0.3, -0.25) is 0 Å². The Bertz CT molecular complexity index is 3260. The van der Waals surface area contributed by atoms with Crippen LogP contribution in [0.15, 0.2) is 218 Å². The van der Waals surface area contributed by atoms with Gasteiger partial charge in [0.25, 0.3) is 0 Å². The second-order valence-corrected chi connectivity index (χ2v) is 14.5. The van der Waals surface area contributed by atoms with Crippen LogP contribution in [-0.4, -0.2) is 4.57 Å². The summed E-state index contributed by atoms with van der Waals surface area (Å²) in [6.07, 6.45) is 0. The lowest BCUT2D eigenvalue weighted by molar-refractivity contribution is 1.18.